The van der Waals surface area contributed by atoms with Crippen LogP contribution in [0.4, 0.5) is 0 Å². The molecule has 19 heavy (non-hydrogen) atoms. The fraction of sp³-hybridized carbons (Fsp3) is 0.286. The molecule has 1 heterocycles. The van der Waals surface area contributed by atoms with E-state index in [0.29, 0.717) is 12.3 Å². The zero-order valence-corrected chi connectivity index (χ0v) is 12.1. The number of nitrogens with zero attached hydrogens (tertiary/aromatic N) is 1. The summed E-state index contributed by atoms with van der Waals surface area (Å²) in [5, 5.41) is 2.51. The monoisotopic (exact) mass is 295 g/mol. The number of benzene rings is 1. The van der Waals surface area contributed by atoms with Crippen molar-refractivity contribution in [3.8, 4) is 0 Å². The van der Waals surface area contributed by atoms with Crippen molar-refractivity contribution in [3.63, 3.8) is 0 Å². The molecule has 0 amide bonds. The van der Waals surface area contributed by atoms with Gasteiger partial charge in [0, 0.05) is 12.0 Å². The first-order valence-corrected chi connectivity index (χ1v) is 7.38. The van der Waals surface area contributed by atoms with Crippen LogP contribution in [0.3, 0.4) is 0 Å². The summed E-state index contributed by atoms with van der Waals surface area (Å²) in [4.78, 5) is 15.9. The van der Waals surface area contributed by atoms with Crippen LogP contribution in [0.1, 0.15) is 34.1 Å². The van der Waals surface area contributed by atoms with E-state index in [4.69, 9.17) is 16.3 Å². The number of ketones is 1. The molecule has 0 aliphatic heterocycles. The lowest BCUT2D eigenvalue weighted by molar-refractivity contribution is 0.0907. The number of Topliss-reactive ketones (excluding diaryl/α,β-unsaturated/α-hetero) is 1. The van der Waals surface area contributed by atoms with Gasteiger partial charge in [-0.05, 0) is 12.5 Å². The number of hydrogen-bond acceptors (Lipinski definition) is 4. The quantitative estimate of drug-likeness (QED) is 0.603. The van der Waals surface area contributed by atoms with Gasteiger partial charge >= 0.3 is 0 Å². The van der Waals surface area contributed by atoms with E-state index in [0.717, 1.165) is 10.6 Å². The minimum atomic E-state index is -0.229. The maximum absolute atomic E-state index is 11.5. The van der Waals surface area contributed by atoms with Gasteiger partial charge in [-0.3, -0.25) is 4.79 Å². The van der Waals surface area contributed by atoms with Gasteiger partial charge in [0.1, 0.15) is 16.8 Å². The Kier molecular flexibility index (Phi) is 5.07. The Labute approximate surface area is 121 Å². The van der Waals surface area contributed by atoms with Crippen molar-refractivity contribution in [3.05, 3.63) is 52.0 Å². The van der Waals surface area contributed by atoms with Gasteiger partial charge in [-0.2, -0.15) is 0 Å². The molecule has 0 bridgehead atoms. The molecule has 2 rings (SSSR count). The third-order valence-corrected chi connectivity index (χ3v) is 3.72. The summed E-state index contributed by atoms with van der Waals surface area (Å²) in [7, 11) is 0. The highest BCUT2D eigenvalue weighted by Gasteiger charge is 2.19. The van der Waals surface area contributed by atoms with E-state index in [9.17, 15) is 4.79 Å². The van der Waals surface area contributed by atoms with Crippen LogP contribution in [-0.2, 0) is 4.74 Å². The Balaban J connectivity index is 2.29. The van der Waals surface area contributed by atoms with Crippen LogP contribution in [0, 0.1) is 0 Å². The maximum Gasteiger partial charge on any atom is 0.196 e. The fourth-order valence-corrected chi connectivity index (χ4v) is 2.74. The van der Waals surface area contributed by atoms with Crippen molar-refractivity contribution >= 4 is 28.7 Å². The molecule has 2 aromatic rings. The van der Waals surface area contributed by atoms with Crippen molar-refractivity contribution in [2.24, 2.45) is 0 Å². The van der Waals surface area contributed by atoms with Gasteiger partial charge in [0.25, 0.3) is 0 Å². The Morgan fingerprint density at radius 3 is 2.79 bits per heavy atom. The number of halogens is 1. The highest BCUT2D eigenvalue weighted by Crippen LogP contribution is 2.28. The van der Waals surface area contributed by atoms with Crippen LogP contribution in [0.2, 0.25) is 0 Å². The smallest absolute Gasteiger partial charge is 0.196 e. The zero-order chi connectivity index (χ0) is 13.7. The second-order valence-corrected chi connectivity index (χ2v) is 5.03. The highest BCUT2D eigenvalue weighted by atomic mass is 35.5. The van der Waals surface area contributed by atoms with Gasteiger partial charge in [0.05, 0.1) is 5.88 Å². The van der Waals surface area contributed by atoms with Gasteiger partial charge in [-0.25, -0.2) is 4.98 Å². The number of thiazole rings is 1. The van der Waals surface area contributed by atoms with Crippen LogP contribution >= 0.6 is 22.9 Å². The van der Waals surface area contributed by atoms with Crippen molar-refractivity contribution in [2.45, 2.75) is 13.0 Å². The van der Waals surface area contributed by atoms with Gasteiger partial charge in [-0.1, -0.05) is 30.3 Å². The highest BCUT2D eigenvalue weighted by molar-refractivity contribution is 7.10. The van der Waals surface area contributed by atoms with Crippen LogP contribution in [0.25, 0.3) is 0 Å². The third-order valence-electron chi connectivity index (χ3n) is 2.59. The molecule has 0 radical (unpaired) electrons. The summed E-state index contributed by atoms with van der Waals surface area (Å²) in [6.45, 7) is 2.52. The first-order chi connectivity index (χ1) is 9.26. The van der Waals surface area contributed by atoms with Crippen molar-refractivity contribution in [1.29, 1.82) is 0 Å². The zero-order valence-electron chi connectivity index (χ0n) is 10.5. The Bertz CT molecular complexity index is 541. The molecule has 5 heteroatoms. The summed E-state index contributed by atoms with van der Waals surface area (Å²) >= 11 is 6.96. The molecule has 0 fully saturated rings. The average molecular weight is 296 g/mol. The Morgan fingerprint density at radius 2 is 2.16 bits per heavy atom. The first kappa shape index (κ1) is 14.2. The fourth-order valence-electron chi connectivity index (χ4n) is 1.71. The second-order valence-electron chi connectivity index (χ2n) is 3.87. The molecular formula is C14H14ClNO2S. The average Bonchev–Trinajstić information content (AvgIpc) is 2.94. The molecule has 0 N–H and O–H groups in total. The number of ether oxygens (including phenoxy) is 1. The Hall–Kier alpha value is -1.23. The SMILES string of the molecule is CCOC(c1ccccc1)c1nc(C(=O)CCl)cs1. The van der Waals surface area contributed by atoms with E-state index >= 15 is 0 Å². The molecular weight excluding hydrogens is 282 g/mol. The first-order valence-electron chi connectivity index (χ1n) is 5.97. The molecule has 1 unspecified atom stereocenters. The summed E-state index contributed by atoms with van der Waals surface area (Å²) in [6.07, 6.45) is -0.229. The minimum Gasteiger partial charge on any atom is -0.367 e. The van der Waals surface area contributed by atoms with E-state index in [1.54, 1.807) is 5.38 Å². The van der Waals surface area contributed by atoms with E-state index in [1.807, 2.05) is 37.3 Å². The molecule has 0 aliphatic carbocycles. The number of rotatable bonds is 6. The molecule has 1 atom stereocenters. The standard InChI is InChI=1S/C14H14ClNO2S/c1-2-18-13(10-6-4-3-5-7-10)14-16-11(9-19-14)12(17)8-15/h3-7,9,13H,2,8H2,1H3. The summed E-state index contributed by atoms with van der Waals surface area (Å²) in [5.41, 5.74) is 1.44. The predicted molar refractivity (Wildman–Crippen MR) is 77.1 cm³/mol. The normalized spacial score (nSPS) is 12.3. The Morgan fingerprint density at radius 1 is 1.42 bits per heavy atom. The number of aromatic nitrogens is 1. The lowest BCUT2D eigenvalue weighted by Crippen LogP contribution is -2.07. The van der Waals surface area contributed by atoms with E-state index in [2.05, 4.69) is 4.98 Å². The van der Waals surface area contributed by atoms with Gasteiger partial charge < -0.3 is 4.74 Å². The van der Waals surface area contributed by atoms with Crippen LogP contribution in [0.5, 0.6) is 0 Å². The molecule has 1 aromatic heterocycles. The van der Waals surface area contributed by atoms with Gasteiger partial charge in [0.2, 0.25) is 0 Å². The largest absolute Gasteiger partial charge is 0.367 e. The number of hydrogen-bond donors (Lipinski definition) is 0. The molecule has 0 aliphatic rings. The molecule has 0 saturated carbocycles. The van der Waals surface area contributed by atoms with Crippen molar-refractivity contribution < 1.29 is 9.53 Å². The lowest BCUT2D eigenvalue weighted by Gasteiger charge is -2.14. The molecule has 100 valence electrons. The van der Waals surface area contributed by atoms with E-state index in [1.165, 1.54) is 11.3 Å². The topological polar surface area (TPSA) is 39.2 Å². The maximum atomic E-state index is 11.5. The summed E-state index contributed by atoms with van der Waals surface area (Å²) < 4.78 is 5.74. The number of carbonyl (C=O) groups excluding carboxylic acids is 1. The predicted octanol–water partition coefficient (Wildman–Crippen LogP) is 3.69. The number of carbonyl (C=O) groups is 1. The van der Waals surface area contributed by atoms with Crippen LogP contribution < -0.4 is 0 Å². The van der Waals surface area contributed by atoms with E-state index in [-0.39, 0.29) is 17.8 Å². The van der Waals surface area contributed by atoms with Crippen molar-refractivity contribution in [2.75, 3.05) is 12.5 Å². The third kappa shape index (κ3) is 3.41. The molecule has 1 aromatic carbocycles. The van der Waals surface area contributed by atoms with Gasteiger partial charge in [0.15, 0.2) is 5.78 Å². The lowest BCUT2D eigenvalue weighted by atomic mass is 10.1. The van der Waals surface area contributed by atoms with Crippen molar-refractivity contribution in [1.82, 2.24) is 4.98 Å². The number of alkyl halides is 1. The molecule has 0 saturated heterocycles. The summed E-state index contributed by atoms with van der Waals surface area (Å²) in [5.74, 6) is -0.208. The van der Waals surface area contributed by atoms with E-state index < -0.39 is 0 Å². The summed E-state index contributed by atoms with van der Waals surface area (Å²) in [6, 6.07) is 9.85. The minimum absolute atomic E-state index is 0.0478. The van der Waals surface area contributed by atoms with Crippen LogP contribution in [0.15, 0.2) is 35.7 Å². The molecule has 0 spiro atoms. The van der Waals surface area contributed by atoms with Crippen LogP contribution in [-0.4, -0.2) is 23.3 Å². The molecule has 3 nitrogen and oxygen atoms in total. The second kappa shape index (κ2) is 6.80. The van der Waals surface area contributed by atoms with Gasteiger partial charge in [-0.15, -0.1) is 22.9 Å².